The van der Waals surface area contributed by atoms with E-state index in [2.05, 4.69) is 30.0 Å². The highest BCUT2D eigenvalue weighted by Gasteiger charge is 2.24. The highest BCUT2D eigenvalue weighted by molar-refractivity contribution is 5.71. The summed E-state index contributed by atoms with van der Waals surface area (Å²) >= 11 is 0. The molecule has 0 spiro atoms. The standard InChI is InChI=1S/C21H24N2O4/c1-14-12-15(3-5-18(14)23-7-10-25-11-8-23)16-2-4-17-19(27-21(22)24)6-9-26-20(17)13-16/h2-5,12-13,19H,6-11H2,1H3,(H2,22,24). The van der Waals surface area contributed by atoms with Crippen LogP contribution in [0.3, 0.4) is 0 Å². The molecule has 27 heavy (non-hydrogen) atoms. The van der Waals surface area contributed by atoms with Gasteiger partial charge in [0.25, 0.3) is 0 Å². The van der Waals surface area contributed by atoms with Gasteiger partial charge in [-0.15, -0.1) is 0 Å². The summed E-state index contributed by atoms with van der Waals surface area (Å²) in [5.41, 5.74) is 10.7. The summed E-state index contributed by atoms with van der Waals surface area (Å²) in [7, 11) is 0. The summed E-state index contributed by atoms with van der Waals surface area (Å²) in [6, 6.07) is 12.5. The molecule has 1 unspecified atom stereocenters. The molecule has 1 fully saturated rings. The lowest BCUT2D eigenvalue weighted by atomic mass is 9.96. The number of ether oxygens (including phenoxy) is 3. The lowest BCUT2D eigenvalue weighted by molar-refractivity contribution is 0.0766. The van der Waals surface area contributed by atoms with Crippen LogP contribution in [0, 0.1) is 6.92 Å². The van der Waals surface area contributed by atoms with E-state index in [-0.39, 0.29) is 6.10 Å². The van der Waals surface area contributed by atoms with Gasteiger partial charge in [0.1, 0.15) is 11.9 Å². The Morgan fingerprint density at radius 3 is 2.59 bits per heavy atom. The van der Waals surface area contributed by atoms with Gasteiger partial charge in [-0.3, -0.25) is 0 Å². The Morgan fingerprint density at radius 2 is 1.85 bits per heavy atom. The van der Waals surface area contributed by atoms with Crippen LogP contribution in [0.25, 0.3) is 11.1 Å². The number of fused-ring (bicyclic) bond motifs is 1. The Balaban J connectivity index is 1.60. The molecule has 1 saturated heterocycles. The van der Waals surface area contributed by atoms with E-state index in [1.54, 1.807) is 0 Å². The minimum Gasteiger partial charge on any atom is -0.493 e. The van der Waals surface area contributed by atoms with Crippen LogP contribution in [-0.4, -0.2) is 39.0 Å². The third-order valence-corrected chi connectivity index (χ3v) is 5.14. The number of hydrogen-bond donors (Lipinski definition) is 1. The molecule has 0 aliphatic carbocycles. The lowest BCUT2D eigenvalue weighted by Crippen LogP contribution is -2.36. The summed E-state index contributed by atoms with van der Waals surface area (Å²) < 4.78 is 16.4. The van der Waals surface area contributed by atoms with Crippen LogP contribution in [0.4, 0.5) is 10.5 Å². The fourth-order valence-corrected chi connectivity index (χ4v) is 3.79. The van der Waals surface area contributed by atoms with Gasteiger partial charge in [0.2, 0.25) is 0 Å². The van der Waals surface area contributed by atoms with Crippen molar-refractivity contribution in [1.29, 1.82) is 0 Å². The zero-order valence-corrected chi connectivity index (χ0v) is 15.4. The molecule has 0 aromatic heterocycles. The van der Waals surface area contributed by atoms with Crippen molar-refractivity contribution in [2.45, 2.75) is 19.4 Å². The zero-order valence-electron chi connectivity index (χ0n) is 15.4. The summed E-state index contributed by atoms with van der Waals surface area (Å²) in [4.78, 5) is 13.5. The molecule has 2 aromatic carbocycles. The van der Waals surface area contributed by atoms with Crippen molar-refractivity contribution in [2.24, 2.45) is 5.73 Å². The number of anilines is 1. The monoisotopic (exact) mass is 368 g/mol. The van der Waals surface area contributed by atoms with Crippen molar-refractivity contribution in [3.8, 4) is 16.9 Å². The number of amides is 1. The van der Waals surface area contributed by atoms with Crippen molar-refractivity contribution in [3.63, 3.8) is 0 Å². The van der Waals surface area contributed by atoms with Gasteiger partial charge in [0, 0.05) is 30.8 Å². The minimum absolute atomic E-state index is 0.342. The number of nitrogens with two attached hydrogens (primary N) is 1. The molecular formula is C21H24N2O4. The van der Waals surface area contributed by atoms with E-state index in [1.807, 2.05) is 18.2 Å². The Bertz CT molecular complexity index is 846. The van der Waals surface area contributed by atoms with E-state index in [0.29, 0.717) is 13.0 Å². The van der Waals surface area contributed by atoms with Crippen LogP contribution in [-0.2, 0) is 9.47 Å². The molecule has 6 nitrogen and oxygen atoms in total. The quantitative estimate of drug-likeness (QED) is 0.899. The molecule has 2 aliphatic rings. The van der Waals surface area contributed by atoms with Crippen LogP contribution in [0.1, 0.15) is 23.7 Å². The summed E-state index contributed by atoms with van der Waals surface area (Å²) in [5.74, 6) is 0.750. The third kappa shape index (κ3) is 3.71. The molecule has 4 rings (SSSR count). The van der Waals surface area contributed by atoms with Crippen molar-refractivity contribution >= 4 is 11.8 Å². The summed E-state index contributed by atoms with van der Waals surface area (Å²) in [6.45, 7) is 6.04. The molecule has 142 valence electrons. The van der Waals surface area contributed by atoms with E-state index in [4.69, 9.17) is 19.9 Å². The van der Waals surface area contributed by atoms with Crippen LogP contribution in [0.2, 0.25) is 0 Å². The molecule has 6 heteroatoms. The van der Waals surface area contributed by atoms with Gasteiger partial charge < -0.3 is 24.8 Å². The highest BCUT2D eigenvalue weighted by atomic mass is 16.6. The van der Waals surface area contributed by atoms with Gasteiger partial charge in [0.15, 0.2) is 0 Å². The number of hydrogen-bond acceptors (Lipinski definition) is 5. The Hall–Kier alpha value is -2.73. The summed E-state index contributed by atoms with van der Waals surface area (Å²) in [5, 5.41) is 0. The van der Waals surface area contributed by atoms with Gasteiger partial charge in [-0.05, 0) is 41.8 Å². The number of aryl methyl sites for hydroxylation is 1. The lowest BCUT2D eigenvalue weighted by Gasteiger charge is -2.30. The first-order valence-electron chi connectivity index (χ1n) is 9.28. The fraction of sp³-hybridized carbons (Fsp3) is 0.381. The smallest absolute Gasteiger partial charge is 0.405 e. The van der Waals surface area contributed by atoms with Gasteiger partial charge >= 0.3 is 6.09 Å². The molecule has 0 radical (unpaired) electrons. The third-order valence-electron chi connectivity index (χ3n) is 5.14. The predicted octanol–water partition coefficient (Wildman–Crippen LogP) is 3.42. The van der Waals surface area contributed by atoms with E-state index in [0.717, 1.165) is 48.7 Å². The predicted molar refractivity (Wildman–Crippen MR) is 103 cm³/mol. The maximum Gasteiger partial charge on any atom is 0.405 e. The SMILES string of the molecule is Cc1cc(-c2ccc3c(c2)OCCC3OC(N)=O)ccc1N1CCOCC1. The van der Waals surface area contributed by atoms with Gasteiger partial charge in [-0.2, -0.15) is 0 Å². The normalized spacial score (nSPS) is 19.1. The first-order valence-corrected chi connectivity index (χ1v) is 9.28. The molecule has 0 bridgehead atoms. The second-order valence-corrected chi connectivity index (χ2v) is 6.92. The number of benzene rings is 2. The number of rotatable bonds is 3. The van der Waals surface area contributed by atoms with E-state index in [1.165, 1.54) is 11.3 Å². The molecule has 1 atom stereocenters. The van der Waals surface area contributed by atoms with Gasteiger partial charge in [-0.25, -0.2) is 4.79 Å². The van der Waals surface area contributed by atoms with Crippen molar-refractivity contribution in [3.05, 3.63) is 47.5 Å². The maximum absolute atomic E-state index is 11.1. The number of carbonyl (C=O) groups is 1. The average Bonchev–Trinajstić information content (AvgIpc) is 2.68. The first-order chi connectivity index (χ1) is 13.1. The molecule has 1 amide bonds. The second kappa shape index (κ2) is 7.48. The second-order valence-electron chi connectivity index (χ2n) is 6.92. The highest BCUT2D eigenvalue weighted by Crippen LogP contribution is 2.38. The van der Waals surface area contributed by atoms with Crippen molar-refractivity contribution < 1.29 is 19.0 Å². The van der Waals surface area contributed by atoms with Crippen LogP contribution < -0.4 is 15.4 Å². The van der Waals surface area contributed by atoms with Crippen molar-refractivity contribution in [2.75, 3.05) is 37.8 Å². The molecule has 2 heterocycles. The van der Waals surface area contributed by atoms with E-state index >= 15 is 0 Å². The number of primary amides is 1. The molecule has 2 aromatic rings. The Labute approximate surface area is 158 Å². The largest absolute Gasteiger partial charge is 0.493 e. The zero-order chi connectivity index (χ0) is 18.8. The van der Waals surface area contributed by atoms with Gasteiger partial charge in [0.05, 0.1) is 19.8 Å². The Morgan fingerprint density at radius 1 is 1.11 bits per heavy atom. The first kappa shape index (κ1) is 17.7. The number of morpholine rings is 1. The van der Waals surface area contributed by atoms with Crippen molar-refractivity contribution in [1.82, 2.24) is 0 Å². The molecule has 2 N–H and O–H groups in total. The van der Waals surface area contributed by atoms with Gasteiger partial charge in [-0.1, -0.05) is 18.2 Å². The topological polar surface area (TPSA) is 74.0 Å². The molecule has 2 aliphatic heterocycles. The van der Waals surface area contributed by atoms with Crippen LogP contribution in [0.15, 0.2) is 36.4 Å². The Kier molecular flexibility index (Phi) is 4.90. The molecule has 0 saturated carbocycles. The van der Waals surface area contributed by atoms with E-state index in [9.17, 15) is 4.79 Å². The van der Waals surface area contributed by atoms with Crippen LogP contribution in [0.5, 0.6) is 5.75 Å². The maximum atomic E-state index is 11.1. The summed E-state index contributed by atoms with van der Waals surface area (Å²) in [6.07, 6.45) is -0.486. The number of carbonyl (C=O) groups excluding carboxylic acids is 1. The fourth-order valence-electron chi connectivity index (χ4n) is 3.79. The minimum atomic E-state index is -0.758. The van der Waals surface area contributed by atoms with Crippen LogP contribution >= 0.6 is 0 Å². The van der Waals surface area contributed by atoms with E-state index < -0.39 is 6.09 Å². The molecular weight excluding hydrogens is 344 g/mol. The average molecular weight is 368 g/mol. The number of nitrogens with zero attached hydrogens (tertiary/aromatic N) is 1.